The predicted molar refractivity (Wildman–Crippen MR) is 77.6 cm³/mol. The standard InChI is InChI=1S/C15H10Cl2O3/c1-9(18)20-12-4-2-3-10(7-12)15(19)13-8-11(16)5-6-14(13)17/h2-8H,1H3. The fourth-order valence-corrected chi connectivity index (χ4v) is 2.07. The summed E-state index contributed by atoms with van der Waals surface area (Å²) < 4.78 is 4.94. The number of ether oxygens (including phenoxy) is 1. The van der Waals surface area contributed by atoms with E-state index in [1.54, 1.807) is 30.3 Å². The van der Waals surface area contributed by atoms with Gasteiger partial charge >= 0.3 is 5.97 Å². The van der Waals surface area contributed by atoms with Gasteiger partial charge in [0.05, 0.1) is 5.02 Å². The lowest BCUT2D eigenvalue weighted by atomic mass is 10.0. The Kier molecular flexibility index (Phi) is 4.42. The zero-order valence-electron chi connectivity index (χ0n) is 10.5. The third kappa shape index (κ3) is 3.38. The molecule has 0 radical (unpaired) electrons. The Labute approximate surface area is 126 Å². The molecule has 0 aromatic heterocycles. The lowest BCUT2D eigenvalue weighted by Gasteiger charge is -2.06. The van der Waals surface area contributed by atoms with Gasteiger partial charge < -0.3 is 4.74 Å². The number of benzene rings is 2. The highest BCUT2D eigenvalue weighted by Crippen LogP contribution is 2.24. The summed E-state index contributed by atoms with van der Waals surface area (Å²) in [5, 5.41) is 0.742. The van der Waals surface area contributed by atoms with Crippen LogP contribution in [-0.2, 0) is 4.79 Å². The largest absolute Gasteiger partial charge is 0.427 e. The maximum Gasteiger partial charge on any atom is 0.308 e. The number of carbonyl (C=O) groups is 2. The Morgan fingerprint density at radius 1 is 1.05 bits per heavy atom. The number of halogens is 2. The van der Waals surface area contributed by atoms with Crippen LogP contribution in [0.5, 0.6) is 5.75 Å². The highest BCUT2D eigenvalue weighted by molar-refractivity contribution is 6.36. The van der Waals surface area contributed by atoms with Crippen LogP contribution in [0.1, 0.15) is 22.8 Å². The Balaban J connectivity index is 2.38. The molecule has 0 fully saturated rings. The molecule has 0 aliphatic heterocycles. The fourth-order valence-electron chi connectivity index (χ4n) is 1.69. The average molecular weight is 309 g/mol. The molecule has 2 aromatic carbocycles. The van der Waals surface area contributed by atoms with E-state index in [4.69, 9.17) is 27.9 Å². The van der Waals surface area contributed by atoms with E-state index in [1.807, 2.05) is 0 Å². The van der Waals surface area contributed by atoms with Crippen molar-refractivity contribution in [1.82, 2.24) is 0 Å². The van der Waals surface area contributed by atoms with Gasteiger partial charge in [-0.05, 0) is 30.3 Å². The molecule has 102 valence electrons. The number of rotatable bonds is 3. The van der Waals surface area contributed by atoms with Crippen molar-refractivity contribution in [2.24, 2.45) is 0 Å². The normalized spacial score (nSPS) is 10.2. The molecule has 0 bridgehead atoms. The molecule has 2 rings (SSSR count). The van der Waals surface area contributed by atoms with Crippen LogP contribution in [0.3, 0.4) is 0 Å². The molecule has 0 aliphatic rings. The van der Waals surface area contributed by atoms with E-state index >= 15 is 0 Å². The summed E-state index contributed by atoms with van der Waals surface area (Å²) in [6.45, 7) is 1.29. The van der Waals surface area contributed by atoms with Gasteiger partial charge in [-0.2, -0.15) is 0 Å². The third-order valence-electron chi connectivity index (χ3n) is 2.53. The third-order valence-corrected chi connectivity index (χ3v) is 3.10. The molecule has 3 nitrogen and oxygen atoms in total. The zero-order chi connectivity index (χ0) is 14.7. The second kappa shape index (κ2) is 6.07. The Bertz CT molecular complexity index is 681. The smallest absolute Gasteiger partial charge is 0.308 e. The van der Waals surface area contributed by atoms with Gasteiger partial charge in [0.15, 0.2) is 5.78 Å². The van der Waals surface area contributed by atoms with Crippen molar-refractivity contribution in [3.63, 3.8) is 0 Å². The molecular weight excluding hydrogens is 299 g/mol. The molecule has 0 unspecified atom stereocenters. The first-order valence-corrected chi connectivity index (χ1v) is 6.51. The lowest BCUT2D eigenvalue weighted by molar-refractivity contribution is -0.131. The molecule has 0 N–H and O–H groups in total. The molecule has 0 heterocycles. The molecule has 0 spiro atoms. The van der Waals surface area contributed by atoms with E-state index in [0.717, 1.165) is 0 Å². The zero-order valence-corrected chi connectivity index (χ0v) is 12.0. The van der Waals surface area contributed by atoms with Gasteiger partial charge in [-0.1, -0.05) is 35.3 Å². The van der Waals surface area contributed by atoms with Crippen molar-refractivity contribution in [2.45, 2.75) is 6.92 Å². The van der Waals surface area contributed by atoms with Gasteiger partial charge in [0.2, 0.25) is 0 Å². The van der Waals surface area contributed by atoms with Crippen molar-refractivity contribution in [2.75, 3.05) is 0 Å². The van der Waals surface area contributed by atoms with Crippen LogP contribution in [0.4, 0.5) is 0 Å². The van der Waals surface area contributed by atoms with Gasteiger partial charge in [-0.25, -0.2) is 0 Å². The number of hydrogen-bond donors (Lipinski definition) is 0. The molecule has 0 atom stereocenters. The molecule has 0 saturated heterocycles. The van der Waals surface area contributed by atoms with Crippen LogP contribution in [0.2, 0.25) is 10.0 Å². The minimum absolute atomic E-state index is 0.286. The van der Waals surface area contributed by atoms with Crippen molar-refractivity contribution in [3.8, 4) is 5.75 Å². The first kappa shape index (κ1) is 14.6. The second-order valence-electron chi connectivity index (χ2n) is 4.07. The molecule has 0 aliphatic carbocycles. The monoisotopic (exact) mass is 308 g/mol. The van der Waals surface area contributed by atoms with Crippen LogP contribution in [0.15, 0.2) is 42.5 Å². The molecular formula is C15H10Cl2O3. The summed E-state index contributed by atoms with van der Waals surface area (Å²) in [4.78, 5) is 23.3. The maximum atomic E-state index is 12.4. The summed E-state index contributed by atoms with van der Waals surface area (Å²) in [7, 11) is 0. The fraction of sp³-hybridized carbons (Fsp3) is 0.0667. The first-order chi connectivity index (χ1) is 9.47. The van der Waals surface area contributed by atoms with Crippen molar-refractivity contribution in [3.05, 3.63) is 63.6 Å². The van der Waals surface area contributed by atoms with Crippen molar-refractivity contribution < 1.29 is 14.3 Å². The van der Waals surface area contributed by atoms with E-state index in [0.29, 0.717) is 26.9 Å². The van der Waals surface area contributed by atoms with Crippen LogP contribution in [0.25, 0.3) is 0 Å². The SMILES string of the molecule is CC(=O)Oc1cccc(C(=O)c2cc(Cl)ccc2Cl)c1. The minimum Gasteiger partial charge on any atom is -0.427 e. The molecule has 0 saturated carbocycles. The van der Waals surface area contributed by atoms with Gasteiger partial charge in [0, 0.05) is 23.1 Å². The predicted octanol–water partition coefficient (Wildman–Crippen LogP) is 4.15. The summed E-state index contributed by atoms with van der Waals surface area (Å²) in [5.41, 5.74) is 0.673. The van der Waals surface area contributed by atoms with Crippen LogP contribution in [0, 0.1) is 0 Å². The Morgan fingerprint density at radius 3 is 2.50 bits per heavy atom. The first-order valence-electron chi connectivity index (χ1n) is 5.75. The number of esters is 1. The van der Waals surface area contributed by atoms with Crippen LogP contribution >= 0.6 is 23.2 Å². The van der Waals surface area contributed by atoms with Crippen LogP contribution in [-0.4, -0.2) is 11.8 Å². The van der Waals surface area contributed by atoms with Crippen molar-refractivity contribution in [1.29, 1.82) is 0 Å². The summed E-state index contributed by atoms with van der Waals surface area (Å²) in [6.07, 6.45) is 0. The quantitative estimate of drug-likeness (QED) is 0.486. The molecule has 5 heteroatoms. The van der Waals surface area contributed by atoms with E-state index in [9.17, 15) is 9.59 Å². The van der Waals surface area contributed by atoms with E-state index in [-0.39, 0.29) is 5.78 Å². The van der Waals surface area contributed by atoms with Gasteiger partial charge in [-0.15, -0.1) is 0 Å². The number of ketones is 1. The molecule has 2 aromatic rings. The Hall–Kier alpha value is -1.84. The van der Waals surface area contributed by atoms with Crippen molar-refractivity contribution >= 4 is 35.0 Å². The van der Waals surface area contributed by atoms with E-state index in [1.165, 1.54) is 19.1 Å². The van der Waals surface area contributed by atoms with Gasteiger partial charge in [0.25, 0.3) is 0 Å². The summed E-state index contributed by atoms with van der Waals surface area (Å²) >= 11 is 11.9. The lowest BCUT2D eigenvalue weighted by Crippen LogP contribution is -2.05. The highest BCUT2D eigenvalue weighted by atomic mass is 35.5. The van der Waals surface area contributed by atoms with Gasteiger partial charge in [0.1, 0.15) is 5.75 Å². The van der Waals surface area contributed by atoms with Gasteiger partial charge in [-0.3, -0.25) is 9.59 Å². The molecule has 0 amide bonds. The average Bonchev–Trinajstić information content (AvgIpc) is 2.40. The summed E-state index contributed by atoms with van der Waals surface area (Å²) in [5.74, 6) is -0.427. The second-order valence-corrected chi connectivity index (χ2v) is 4.92. The minimum atomic E-state index is -0.449. The highest BCUT2D eigenvalue weighted by Gasteiger charge is 2.14. The summed E-state index contributed by atoms with van der Waals surface area (Å²) in [6, 6.07) is 11.0. The number of hydrogen-bond acceptors (Lipinski definition) is 3. The maximum absolute atomic E-state index is 12.4. The van der Waals surface area contributed by atoms with E-state index in [2.05, 4.69) is 0 Å². The van der Waals surface area contributed by atoms with E-state index < -0.39 is 5.97 Å². The topological polar surface area (TPSA) is 43.4 Å². The molecule has 20 heavy (non-hydrogen) atoms. The Morgan fingerprint density at radius 2 is 1.80 bits per heavy atom. The van der Waals surface area contributed by atoms with Crippen LogP contribution < -0.4 is 4.74 Å². The number of carbonyl (C=O) groups excluding carboxylic acids is 2.